The minimum absolute atomic E-state index is 0.0481. The maximum absolute atomic E-state index is 14.8. The van der Waals surface area contributed by atoms with Gasteiger partial charge in [0.1, 0.15) is 29.9 Å². The fourth-order valence-corrected chi connectivity index (χ4v) is 6.39. The molecule has 3 fully saturated rings. The molecule has 1 aromatic carbocycles. The molecule has 3 aliphatic rings. The Kier molecular flexibility index (Phi) is 11.0. The van der Waals surface area contributed by atoms with Crippen molar-refractivity contribution in [1.29, 1.82) is 0 Å². The molecule has 0 aromatic heterocycles. The zero-order valence-electron chi connectivity index (χ0n) is 23.8. The van der Waals surface area contributed by atoms with Crippen molar-refractivity contribution in [3.05, 3.63) is 29.6 Å². The number of likely N-dealkylation sites (tertiary alicyclic amines) is 2. The van der Waals surface area contributed by atoms with E-state index in [1.54, 1.807) is 17.0 Å². The van der Waals surface area contributed by atoms with Crippen LogP contribution in [-0.2, 0) is 11.2 Å². The third kappa shape index (κ3) is 7.69. The number of hydrogen-bond acceptors (Lipinski definition) is 9. The second-order valence-electron chi connectivity index (χ2n) is 12.1. The second-order valence-corrected chi connectivity index (χ2v) is 12.1. The second kappa shape index (κ2) is 14.3. The van der Waals surface area contributed by atoms with Crippen LogP contribution in [0.3, 0.4) is 0 Å². The number of benzene rings is 1. The number of aliphatic hydroxyl groups is 5. The van der Waals surface area contributed by atoms with E-state index in [1.807, 2.05) is 0 Å². The number of piperidine rings is 1. The van der Waals surface area contributed by atoms with Gasteiger partial charge in [0.15, 0.2) is 0 Å². The van der Waals surface area contributed by atoms with Crippen LogP contribution in [0.25, 0.3) is 0 Å². The van der Waals surface area contributed by atoms with E-state index in [1.165, 1.54) is 11.0 Å². The minimum atomic E-state index is -1.68. The molecule has 1 unspecified atom stereocenters. The van der Waals surface area contributed by atoms with Crippen molar-refractivity contribution < 1.29 is 49.4 Å². The summed E-state index contributed by atoms with van der Waals surface area (Å²) < 4.78 is 20.6. The van der Waals surface area contributed by atoms with Gasteiger partial charge >= 0.3 is 6.09 Å². The van der Waals surface area contributed by atoms with Gasteiger partial charge in [-0.15, -0.1) is 0 Å². The molecule has 2 heterocycles. The Bertz CT molecular complexity index is 1060. The first-order valence-corrected chi connectivity index (χ1v) is 14.7. The first kappa shape index (κ1) is 32.4. The molecule has 1 aromatic rings. The van der Waals surface area contributed by atoms with Gasteiger partial charge in [0.05, 0.1) is 25.7 Å². The molecule has 2 saturated heterocycles. The number of rotatable bonds is 14. The molecule has 12 nitrogen and oxygen atoms in total. The topological polar surface area (TPSA) is 183 Å². The average Bonchev–Trinajstić information content (AvgIpc) is 2.95. The Labute approximate surface area is 244 Å². The summed E-state index contributed by atoms with van der Waals surface area (Å²) in [5, 5.41) is 59.8. The summed E-state index contributed by atoms with van der Waals surface area (Å²) in [6.45, 7) is 2.21. The normalized spacial score (nSPS) is 23.0. The largest absolute Gasteiger partial charge is 0.493 e. The molecule has 7 N–H and O–H groups in total. The lowest BCUT2D eigenvalue weighted by Crippen LogP contribution is -2.55. The molecule has 2 amide bonds. The zero-order chi connectivity index (χ0) is 30.4. The Balaban J connectivity index is 1.12. The highest BCUT2D eigenvalue weighted by atomic mass is 19.1. The van der Waals surface area contributed by atoms with E-state index in [9.17, 15) is 39.5 Å². The van der Waals surface area contributed by atoms with E-state index in [0.29, 0.717) is 51.0 Å². The van der Waals surface area contributed by atoms with Crippen molar-refractivity contribution in [1.82, 2.24) is 15.1 Å². The summed E-state index contributed by atoms with van der Waals surface area (Å²) in [5.74, 6) is 0.326. The quantitative estimate of drug-likeness (QED) is 0.152. The van der Waals surface area contributed by atoms with Crippen LogP contribution in [0.2, 0.25) is 0 Å². The van der Waals surface area contributed by atoms with Crippen LogP contribution in [-0.4, -0.2) is 129 Å². The summed E-state index contributed by atoms with van der Waals surface area (Å²) in [7, 11) is 0. The van der Waals surface area contributed by atoms with Crippen LogP contribution in [0.4, 0.5) is 9.18 Å². The maximum atomic E-state index is 14.8. The number of nitrogens with one attached hydrogen (secondary N) is 1. The SMILES string of the molecule is O=C(O)N1CCC2(CCC2CCOc2ccc(CC(=O)N3CC(CNC[C@H](O)[C@@H](O)[C@H](O)[C@H](O)CO)C3)c(F)c2)CC1. The van der Waals surface area contributed by atoms with Gasteiger partial charge in [-0.05, 0) is 55.1 Å². The highest BCUT2D eigenvalue weighted by Gasteiger charge is 2.48. The van der Waals surface area contributed by atoms with Gasteiger partial charge in [0, 0.05) is 51.3 Å². The molecule has 236 valence electrons. The van der Waals surface area contributed by atoms with Crippen LogP contribution in [0.1, 0.15) is 37.7 Å². The Hall–Kier alpha value is -2.55. The van der Waals surface area contributed by atoms with Gasteiger partial charge in [0.25, 0.3) is 0 Å². The third-order valence-electron chi connectivity index (χ3n) is 9.41. The number of carboxylic acid groups (broad SMARTS) is 1. The van der Waals surface area contributed by atoms with Gasteiger partial charge in [-0.25, -0.2) is 9.18 Å². The molecule has 0 radical (unpaired) electrons. The Morgan fingerprint density at radius 3 is 2.33 bits per heavy atom. The van der Waals surface area contributed by atoms with E-state index >= 15 is 0 Å². The van der Waals surface area contributed by atoms with Crippen LogP contribution in [0.15, 0.2) is 18.2 Å². The summed E-state index contributed by atoms with van der Waals surface area (Å²) >= 11 is 0. The molecule has 0 bridgehead atoms. The highest BCUT2D eigenvalue weighted by Crippen LogP contribution is 2.55. The van der Waals surface area contributed by atoms with Gasteiger partial charge in [-0.3, -0.25) is 4.79 Å². The van der Waals surface area contributed by atoms with E-state index < -0.39 is 42.9 Å². The molecular weight excluding hydrogens is 553 g/mol. The fourth-order valence-electron chi connectivity index (χ4n) is 6.39. The molecule has 1 saturated carbocycles. The molecule has 2 aliphatic heterocycles. The maximum Gasteiger partial charge on any atom is 0.407 e. The van der Waals surface area contributed by atoms with E-state index in [2.05, 4.69) is 5.32 Å². The number of ether oxygens (including phenoxy) is 1. The Morgan fingerprint density at radius 2 is 1.74 bits per heavy atom. The van der Waals surface area contributed by atoms with Crippen LogP contribution in [0, 0.1) is 23.1 Å². The minimum Gasteiger partial charge on any atom is -0.493 e. The first-order chi connectivity index (χ1) is 20.0. The van der Waals surface area contributed by atoms with Gasteiger partial charge in [0.2, 0.25) is 5.91 Å². The first-order valence-electron chi connectivity index (χ1n) is 14.7. The lowest BCUT2D eigenvalue weighted by Gasteiger charge is -2.53. The molecule has 4 rings (SSSR count). The summed E-state index contributed by atoms with van der Waals surface area (Å²) in [5.41, 5.74) is 0.493. The van der Waals surface area contributed by atoms with Crippen molar-refractivity contribution in [3.8, 4) is 5.75 Å². The van der Waals surface area contributed by atoms with E-state index in [0.717, 1.165) is 32.1 Å². The lowest BCUT2D eigenvalue weighted by molar-refractivity contribution is -0.136. The van der Waals surface area contributed by atoms with Crippen LogP contribution < -0.4 is 10.1 Å². The smallest absolute Gasteiger partial charge is 0.407 e. The van der Waals surface area contributed by atoms with Crippen molar-refractivity contribution in [2.45, 2.75) is 62.9 Å². The van der Waals surface area contributed by atoms with Gasteiger partial charge in [-0.1, -0.05) is 6.07 Å². The van der Waals surface area contributed by atoms with Crippen molar-refractivity contribution in [2.75, 3.05) is 52.5 Å². The third-order valence-corrected chi connectivity index (χ3v) is 9.41. The number of amides is 2. The Morgan fingerprint density at radius 1 is 1.05 bits per heavy atom. The number of nitrogens with zero attached hydrogens (tertiary/aromatic N) is 2. The van der Waals surface area contributed by atoms with Gasteiger partial charge < -0.3 is 50.5 Å². The van der Waals surface area contributed by atoms with Gasteiger partial charge in [-0.2, -0.15) is 0 Å². The van der Waals surface area contributed by atoms with E-state index in [-0.39, 0.29) is 35.8 Å². The molecule has 5 atom stereocenters. The monoisotopic (exact) mass is 597 g/mol. The molecule has 13 heteroatoms. The molecule has 1 aliphatic carbocycles. The van der Waals surface area contributed by atoms with E-state index in [4.69, 9.17) is 9.84 Å². The van der Waals surface area contributed by atoms with Crippen LogP contribution >= 0.6 is 0 Å². The van der Waals surface area contributed by atoms with Crippen molar-refractivity contribution in [3.63, 3.8) is 0 Å². The van der Waals surface area contributed by atoms with Crippen molar-refractivity contribution in [2.24, 2.45) is 17.3 Å². The highest BCUT2D eigenvalue weighted by molar-refractivity contribution is 5.79. The fraction of sp³-hybridized carbons (Fsp3) is 0.724. The lowest BCUT2D eigenvalue weighted by atomic mass is 9.55. The number of hydrogen-bond donors (Lipinski definition) is 7. The predicted molar refractivity (Wildman–Crippen MR) is 148 cm³/mol. The summed E-state index contributed by atoms with van der Waals surface area (Å²) in [4.78, 5) is 26.9. The summed E-state index contributed by atoms with van der Waals surface area (Å²) in [6, 6.07) is 4.55. The number of halogens is 1. The predicted octanol–water partition coefficient (Wildman–Crippen LogP) is -0.209. The molecular formula is C29H44FN3O9. The molecule has 42 heavy (non-hydrogen) atoms. The zero-order valence-corrected chi connectivity index (χ0v) is 23.8. The standard InChI is InChI=1S/C29H44FN3O9/c30-22-12-21(42-10-4-20-3-5-29(20)6-8-32(9-7-29)28(40)41)2-1-19(22)11-25(37)33-15-18(16-33)13-31-14-23(35)26(38)27(39)24(36)17-34/h1-2,12,18,20,23-24,26-27,31,34-36,38-39H,3-11,13-17H2,(H,40,41)/t20?,23-,24+,26+,27+/m0/s1. The number of carbonyl (C=O) groups is 2. The van der Waals surface area contributed by atoms with Crippen LogP contribution in [0.5, 0.6) is 5.75 Å². The average molecular weight is 598 g/mol. The number of carbonyl (C=O) groups excluding carboxylic acids is 1. The van der Waals surface area contributed by atoms with Crippen molar-refractivity contribution >= 4 is 12.0 Å². The number of aliphatic hydroxyl groups excluding tert-OH is 5. The summed E-state index contributed by atoms with van der Waals surface area (Å²) in [6.07, 6.45) is -2.32. The molecule has 1 spiro atoms.